The second kappa shape index (κ2) is 7.05. The smallest absolute Gasteiger partial charge is 0.0439 e. The molecular formula is C15H23NOS. The van der Waals surface area contributed by atoms with Gasteiger partial charge < -0.3 is 10.4 Å². The van der Waals surface area contributed by atoms with E-state index in [1.54, 1.807) is 11.8 Å². The molecule has 0 spiro atoms. The van der Waals surface area contributed by atoms with Gasteiger partial charge in [-0.2, -0.15) is 0 Å². The maximum atomic E-state index is 8.74. The predicted molar refractivity (Wildman–Crippen MR) is 79.3 cm³/mol. The zero-order chi connectivity index (χ0) is 12.8. The second-order valence-electron chi connectivity index (χ2n) is 5.17. The number of aliphatic hydroxyl groups is 1. The molecule has 1 saturated carbocycles. The van der Waals surface area contributed by atoms with Gasteiger partial charge >= 0.3 is 0 Å². The summed E-state index contributed by atoms with van der Waals surface area (Å²) in [5, 5.41) is 12.3. The molecule has 100 valence electrons. The monoisotopic (exact) mass is 265 g/mol. The minimum absolute atomic E-state index is 0.283. The third-order valence-corrected chi connectivity index (χ3v) is 4.32. The Balaban J connectivity index is 1.75. The number of nitrogens with one attached hydrogen (secondary N) is 1. The number of thioether (sulfide) groups is 1. The van der Waals surface area contributed by atoms with Gasteiger partial charge in [0.15, 0.2) is 0 Å². The van der Waals surface area contributed by atoms with Gasteiger partial charge in [0.25, 0.3) is 0 Å². The van der Waals surface area contributed by atoms with E-state index < -0.39 is 0 Å². The Hall–Kier alpha value is -0.670. The van der Waals surface area contributed by atoms with Crippen LogP contribution in [0.15, 0.2) is 29.2 Å². The predicted octanol–water partition coefficient (Wildman–Crippen LogP) is 3.76. The quantitative estimate of drug-likeness (QED) is 0.554. The highest BCUT2D eigenvalue weighted by molar-refractivity contribution is 7.99. The molecule has 0 saturated heterocycles. The first kappa shape index (κ1) is 13.8. The SMILES string of the molecule is CC(CC1CC1)Nc1ccc(SCCCO)cc1. The van der Waals surface area contributed by atoms with Crippen LogP contribution < -0.4 is 5.32 Å². The summed E-state index contributed by atoms with van der Waals surface area (Å²) in [5.41, 5.74) is 1.22. The van der Waals surface area contributed by atoms with E-state index >= 15 is 0 Å². The highest BCUT2D eigenvalue weighted by Gasteiger charge is 2.23. The highest BCUT2D eigenvalue weighted by Crippen LogP contribution is 2.34. The number of benzene rings is 1. The lowest BCUT2D eigenvalue weighted by atomic mass is 10.1. The topological polar surface area (TPSA) is 32.3 Å². The first-order valence-electron chi connectivity index (χ1n) is 6.88. The van der Waals surface area contributed by atoms with Crippen LogP contribution in [0.2, 0.25) is 0 Å². The third-order valence-electron chi connectivity index (χ3n) is 3.22. The Labute approximate surface area is 114 Å². The summed E-state index contributed by atoms with van der Waals surface area (Å²) in [7, 11) is 0. The van der Waals surface area contributed by atoms with E-state index in [1.165, 1.54) is 29.8 Å². The van der Waals surface area contributed by atoms with Gasteiger partial charge in [0.1, 0.15) is 0 Å². The molecule has 2 N–H and O–H groups in total. The van der Waals surface area contributed by atoms with Crippen LogP contribution in [0.5, 0.6) is 0 Å². The molecule has 18 heavy (non-hydrogen) atoms. The average molecular weight is 265 g/mol. The maximum Gasteiger partial charge on any atom is 0.0439 e. The molecule has 1 unspecified atom stereocenters. The van der Waals surface area contributed by atoms with Crippen molar-refractivity contribution in [1.29, 1.82) is 0 Å². The van der Waals surface area contributed by atoms with Gasteiger partial charge in [0, 0.05) is 29.0 Å². The molecule has 0 bridgehead atoms. The molecule has 0 aromatic heterocycles. The number of rotatable bonds is 8. The lowest BCUT2D eigenvalue weighted by Gasteiger charge is -2.15. The van der Waals surface area contributed by atoms with E-state index in [2.05, 4.69) is 36.5 Å². The molecule has 3 heteroatoms. The fourth-order valence-electron chi connectivity index (χ4n) is 2.10. The lowest BCUT2D eigenvalue weighted by Crippen LogP contribution is -2.15. The molecule has 0 amide bonds. The molecule has 0 heterocycles. The van der Waals surface area contributed by atoms with Crippen molar-refractivity contribution in [2.24, 2.45) is 5.92 Å². The van der Waals surface area contributed by atoms with Crippen LogP contribution in [0.4, 0.5) is 5.69 Å². The van der Waals surface area contributed by atoms with Crippen LogP contribution >= 0.6 is 11.8 Å². The Morgan fingerprint density at radius 2 is 2.06 bits per heavy atom. The van der Waals surface area contributed by atoms with Crippen molar-refractivity contribution in [3.8, 4) is 0 Å². The van der Waals surface area contributed by atoms with Gasteiger partial charge in [0.2, 0.25) is 0 Å². The van der Waals surface area contributed by atoms with E-state index in [0.29, 0.717) is 6.04 Å². The van der Waals surface area contributed by atoms with Crippen LogP contribution in [0, 0.1) is 5.92 Å². The van der Waals surface area contributed by atoms with Gasteiger partial charge in [-0.3, -0.25) is 0 Å². The number of aliphatic hydroxyl groups excluding tert-OH is 1. The van der Waals surface area contributed by atoms with Crippen molar-refractivity contribution in [2.75, 3.05) is 17.7 Å². The van der Waals surface area contributed by atoms with E-state index in [9.17, 15) is 0 Å². The van der Waals surface area contributed by atoms with Crippen molar-refractivity contribution in [1.82, 2.24) is 0 Å². The Morgan fingerprint density at radius 1 is 1.33 bits per heavy atom. The molecule has 1 aliphatic carbocycles. The summed E-state index contributed by atoms with van der Waals surface area (Å²) in [6.45, 7) is 2.55. The van der Waals surface area contributed by atoms with Gasteiger partial charge in [-0.15, -0.1) is 11.8 Å². The zero-order valence-corrected chi connectivity index (χ0v) is 11.9. The minimum Gasteiger partial charge on any atom is -0.396 e. The largest absolute Gasteiger partial charge is 0.396 e. The maximum absolute atomic E-state index is 8.74. The molecule has 2 rings (SSSR count). The summed E-state index contributed by atoms with van der Waals surface area (Å²) < 4.78 is 0. The summed E-state index contributed by atoms with van der Waals surface area (Å²) >= 11 is 1.81. The van der Waals surface area contributed by atoms with Crippen molar-refractivity contribution in [3.05, 3.63) is 24.3 Å². The number of hydrogen-bond donors (Lipinski definition) is 2. The summed E-state index contributed by atoms with van der Waals surface area (Å²) in [6, 6.07) is 9.21. The van der Waals surface area contributed by atoms with Crippen molar-refractivity contribution < 1.29 is 5.11 Å². The van der Waals surface area contributed by atoms with Crippen LogP contribution in [0.1, 0.15) is 32.6 Å². The molecular weight excluding hydrogens is 242 g/mol. The Bertz CT molecular complexity index is 348. The Morgan fingerprint density at radius 3 is 2.67 bits per heavy atom. The zero-order valence-electron chi connectivity index (χ0n) is 11.1. The molecule has 0 radical (unpaired) electrons. The normalized spacial score (nSPS) is 16.6. The number of hydrogen-bond acceptors (Lipinski definition) is 3. The van der Waals surface area contributed by atoms with E-state index in [-0.39, 0.29) is 6.61 Å². The average Bonchev–Trinajstić information content (AvgIpc) is 3.15. The first-order valence-corrected chi connectivity index (χ1v) is 7.87. The number of anilines is 1. The fraction of sp³-hybridized carbons (Fsp3) is 0.600. The first-order chi connectivity index (χ1) is 8.78. The van der Waals surface area contributed by atoms with Crippen LogP contribution in [-0.4, -0.2) is 23.5 Å². The summed E-state index contributed by atoms with van der Waals surface area (Å²) in [5.74, 6) is 1.96. The molecule has 1 atom stereocenters. The third kappa shape index (κ3) is 4.91. The highest BCUT2D eigenvalue weighted by atomic mass is 32.2. The molecule has 1 fully saturated rings. The van der Waals surface area contributed by atoms with E-state index in [1.807, 2.05) is 0 Å². The van der Waals surface area contributed by atoms with Gasteiger partial charge in [-0.25, -0.2) is 0 Å². The molecule has 2 nitrogen and oxygen atoms in total. The van der Waals surface area contributed by atoms with Gasteiger partial charge in [-0.1, -0.05) is 12.8 Å². The van der Waals surface area contributed by atoms with Crippen LogP contribution in [0.3, 0.4) is 0 Å². The fourth-order valence-corrected chi connectivity index (χ4v) is 2.94. The molecule has 1 aromatic carbocycles. The van der Waals surface area contributed by atoms with Gasteiger partial charge in [-0.05, 0) is 49.9 Å². The summed E-state index contributed by atoms with van der Waals surface area (Å²) in [6.07, 6.45) is 5.01. The standard InChI is InChI=1S/C15H23NOS/c1-12(11-13-3-4-13)16-14-5-7-15(8-6-14)18-10-2-9-17/h5-8,12-13,16-17H,2-4,9-11H2,1H3. The lowest BCUT2D eigenvalue weighted by molar-refractivity contribution is 0.296. The van der Waals surface area contributed by atoms with Gasteiger partial charge in [0.05, 0.1) is 0 Å². The molecule has 1 aliphatic rings. The van der Waals surface area contributed by atoms with Crippen LogP contribution in [-0.2, 0) is 0 Å². The molecule has 0 aliphatic heterocycles. The second-order valence-corrected chi connectivity index (χ2v) is 6.34. The van der Waals surface area contributed by atoms with Crippen LogP contribution in [0.25, 0.3) is 0 Å². The minimum atomic E-state index is 0.283. The van der Waals surface area contributed by atoms with Crippen molar-refractivity contribution in [2.45, 2.75) is 43.5 Å². The van der Waals surface area contributed by atoms with E-state index in [4.69, 9.17) is 5.11 Å². The molecule has 1 aromatic rings. The van der Waals surface area contributed by atoms with E-state index in [0.717, 1.165) is 18.1 Å². The summed E-state index contributed by atoms with van der Waals surface area (Å²) in [4.78, 5) is 1.28. The van der Waals surface area contributed by atoms with Crippen molar-refractivity contribution in [3.63, 3.8) is 0 Å². The van der Waals surface area contributed by atoms with Crippen molar-refractivity contribution >= 4 is 17.4 Å². The Kier molecular flexibility index (Phi) is 5.39.